The van der Waals surface area contributed by atoms with E-state index < -0.39 is 10.8 Å². The van der Waals surface area contributed by atoms with Crippen LogP contribution in [0.4, 0.5) is 11.5 Å². The van der Waals surface area contributed by atoms with Crippen LogP contribution >= 0.6 is 0 Å². The number of rotatable bonds is 8. The second-order valence-electron chi connectivity index (χ2n) is 6.51. The Hall–Kier alpha value is -3.27. The van der Waals surface area contributed by atoms with Crippen molar-refractivity contribution >= 4 is 23.3 Å². The molecule has 10 nitrogen and oxygen atoms in total. The standard InChI is InChI=1S/C18H21N5O5/c24-17(19-16-7-12-28-20-16)13-22(11-10-21-8-1-2-9-21)18(25)14-3-5-15(6-4-14)23(26)27/h3-7,12H,1-2,8-11,13H2,(H,19,20,24). The number of nitro benzene ring substituents is 1. The van der Waals surface area contributed by atoms with Crippen LogP contribution in [0.1, 0.15) is 23.2 Å². The van der Waals surface area contributed by atoms with Crippen LogP contribution in [-0.4, -0.2) is 64.4 Å². The zero-order valence-corrected chi connectivity index (χ0v) is 15.2. The number of likely N-dealkylation sites (tertiary alicyclic amines) is 1. The lowest BCUT2D eigenvalue weighted by Gasteiger charge is -2.25. The minimum Gasteiger partial charge on any atom is -0.363 e. The number of hydrogen-bond acceptors (Lipinski definition) is 7. The summed E-state index contributed by atoms with van der Waals surface area (Å²) in [5.41, 5.74) is 0.199. The average molecular weight is 387 g/mol. The van der Waals surface area contributed by atoms with Crippen LogP contribution in [-0.2, 0) is 4.79 Å². The monoisotopic (exact) mass is 387 g/mol. The maximum absolute atomic E-state index is 12.9. The van der Waals surface area contributed by atoms with Crippen molar-refractivity contribution in [3.05, 3.63) is 52.3 Å². The van der Waals surface area contributed by atoms with Gasteiger partial charge >= 0.3 is 0 Å². The molecule has 0 aliphatic carbocycles. The maximum atomic E-state index is 12.9. The van der Waals surface area contributed by atoms with Gasteiger partial charge in [0, 0.05) is 36.9 Å². The molecule has 0 unspecified atom stereocenters. The molecule has 1 aliphatic rings. The molecule has 2 aromatic rings. The number of aromatic nitrogens is 1. The number of nitrogens with zero attached hydrogens (tertiary/aromatic N) is 4. The van der Waals surface area contributed by atoms with Crippen molar-refractivity contribution in [3.63, 3.8) is 0 Å². The third kappa shape index (κ3) is 5.13. The highest BCUT2D eigenvalue weighted by molar-refractivity contribution is 5.99. The fourth-order valence-electron chi connectivity index (χ4n) is 3.06. The number of hydrogen-bond donors (Lipinski definition) is 1. The maximum Gasteiger partial charge on any atom is 0.269 e. The van der Waals surface area contributed by atoms with Gasteiger partial charge in [-0.15, -0.1) is 0 Å². The highest BCUT2D eigenvalue weighted by atomic mass is 16.6. The van der Waals surface area contributed by atoms with Crippen LogP contribution in [0.15, 0.2) is 41.1 Å². The molecule has 0 saturated carbocycles. The Morgan fingerprint density at radius 1 is 1.21 bits per heavy atom. The lowest BCUT2D eigenvalue weighted by Crippen LogP contribution is -2.42. The van der Waals surface area contributed by atoms with Gasteiger partial charge in [0.05, 0.1) is 4.92 Å². The molecule has 1 fully saturated rings. The fraction of sp³-hybridized carbons (Fsp3) is 0.389. The number of carbonyl (C=O) groups is 2. The number of nitrogens with one attached hydrogen (secondary N) is 1. The van der Waals surface area contributed by atoms with E-state index in [9.17, 15) is 19.7 Å². The SMILES string of the molecule is O=C(CN(CCN1CCCC1)C(=O)c1ccc([N+](=O)[O-])cc1)Nc1ccon1. The number of non-ortho nitro benzene ring substituents is 1. The van der Waals surface area contributed by atoms with E-state index >= 15 is 0 Å². The quantitative estimate of drug-likeness (QED) is 0.541. The van der Waals surface area contributed by atoms with Gasteiger partial charge in [0.15, 0.2) is 5.82 Å². The Balaban J connectivity index is 1.68. The van der Waals surface area contributed by atoms with E-state index in [1.54, 1.807) is 0 Å². The molecule has 2 heterocycles. The third-order valence-electron chi connectivity index (χ3n) is 4.54. The van der Waals surface area contributed by atoms with E-state index in [1.165, 1.54) is 41.5 Å². The van der Waals surface area contributed by atoms with Gasteiger partial charge in [0.1, 0.15) is 12.8 Å². The van der Waals surface area contributed by atoms with Crippen molar-refractivity contribution in [2.45, 2.75) is 12.8 Å². The number of anilines is 1. The first-order chi connectivity index (χ1) is 13.5. The molecule has 10 heteroatoms. The molecule has 1 saturated heterocycles. The topological polar surface area (TPSA) is 122 Å². The Morgan fingerprint density at radius 2 is 1.93 bits per heavy atom. The van der Waals surface area contributed by atoms with Crippen LogP contribution < -0.4 is 5.32 Å². The van der Waals surface area contributed by atoms with Crippen LogP contribution in [0.25, 0.3) is 0 Å². The summed E-state index contributed by atoms with van der Waals surface area (Å²) in [7, 11) is 0. The summed E-state index contributed by atoms with van der Waals surface area (Å²) in [5.74, 6) is -0.484. The van der Waals surface area contributed by atoms with Gasteiger partial charge in [-0.2, -0.15) is 0 Å². The second kappa shape index (κ2) is 9.09. The zero-order chi connectivity index (χ0) is 19.9. The van der Waals surface area contributed by atoms with Crippen molar-refractivity contribution in [1.82, 2.24) is 15.0 Å². The highest BCUT2D eigenvalue weighted by Crippen LogP contribution is 2.14. The van der Waals surface area contributed by atoms with Crippen molar-refractivity contribution in [1.29, 1.82) is 0 Å². The molecular weight excluding hydrogens is 366 g/mol. The first-order valence-corrected chi connectivity index (χ1v) is 8.99. The van der Waals surface area contributed by atoms with Crippen molar-refractivity contribution in [2.24, 2.45) is 0 Å². The van der Waals surface area contributed by atoms with Crippen molar-refractivity contribution in [3.8, 4) is 0 Å². The molecule has 3 rings (SSSR count). The molecule has 148 valence electrons. The summed E-state index contributed by atoms with van der Waals surface area (Å²) < 4.78 is 4.68. The van der Waals surface area contributed by atoms with Gasteiger partial charge in [0.25, 0.3) is 11.6 Å². The molecule has 2 amide bonds. The summed E-state index contributed by atoms with van der Waals surface area (Å²) in [5, 5.41) is 17.0. The van der Waals surface area contributed by atoms with Crippen molar-refractivity contribution in [2.75, 3.05) is 38.0 Å². The van der Waals surface area contributed by atoms with E-state index in [4.69, 9.17) is 0 Å². The summed E-state index contributed by atoms with van der Waals surface area (Å²) in [6.07, 6.45) is 3.59. The lowest BCUT2D eigenvalue weighted by molar-refractivity contribution is -0.384. The molecular formula is C18H21N5O5. The van der Waals surface area contributed by atoms with E-state index in [-0.39, 0.29) is 24.0 Å². The van der Waals surface area contributed by atoms with Gasteiger partial charge in [-0.05, 0) is 38.1 Å². The minimum absolute atomic E-state index is 0.0936. The van der Waals surface area contributed by atoms with Crippen LogP contribution in [0.5, 0.6) is 0 Å². The largest absolute Gasteiger partial charge is 0.363 e. The first-order valence-electron chi connectivity index (χ1n) is 8.99. The smallest absolute Gasteiger partial charge is 0.269 e. The van der Waals surface area contributed by atoms with Crippen LogP contribution in [0.2, 0.25) is 0 Å². The van der Waals surface area contributed by atoms with Gasteiger partial charge in [-0.25, -0.2) is 0 Å². The minimum atomic E-state index is -0.523. The molecule has 0 radical (unpaired) electrons. The van der Waals surface area contributed by atoms with E-state index in [0.29, 0.717) is 18.7 Å². The fourth-order valence-corrected chi connectivity index (χ4v) is 3.06. The normalized spacial score (nSPS) is 14.0. The van der Waals surface area contributed by atoms with E-state index in [2.05, 4.69) is 19.9 Å². The zero-order valence-electron chi connectivity index (χ0n) is 15.2. The predicted octanol–water partition coefficient (Wildman–Crippen LogP) is 1.76. The molecule has 1 aromatic heterocycles. The van der Waals surface area contributed by atoms with Gasteiger partial charge in [0.2, 0.25) is 5.91 Å². The summed E-state index contributed by atoms with van der Waals surface area (Å²) in [4.78, 5) is 39.2. The number of amides is 2. The number of carbonyl (C=O) groups excluding carboxylic acids is 2. The Kier molecular flexibility index (Phi) is 6.33. The average Bonchev–Trinajstić information content (AvgIpc) is 3.38. The summed E-state index contributed by atoms with van der Waals surface area (Å²) >= 11 is 0. The summed E-state index contributed by atoms with van der Waals surface area (Å²) in [6.45, 7) is 2.84. The Labute approximate surface area is 161 Å². The molecule has 1 aromatic carbocycles. The molecule has 0 atom stereocenters. The first kappa shape index (κ1) is 19.5. The Bertz CT molecular complexity index is 815. The molecule has 1 aliphatic heterocycles. The molecule has 0 bridgehead atoms. The van der Waals surface area contributed by atoms with E-state index in [0.717, 1.165) is 25.9 Å². The van der Waals surface area contributed by atoms with Gasteiger partial charge in [-0.3, -0.25) is 19.7 Å². The second-order valence-corrected chi connectivity index (χ2v) is 6.51. The lowest BCUT2D eigenvalue weighted by atomic mass is 10.1. The van der Waals surface area contributed by atoms with E-state index in [1.807, 2.05) is 0 Å². The molecule has 1 N–H and O–H groups in total. The number of nitro groups is 1. The van der Waals surface area contributed by atoms with Crippen molar-refractivity contribution < 1.29 is 19.0 Å². The van der Waals surface area contributed by atoms with Crippen LogP contribution in [0.3, 0.4) is 0 Å². The third-order valence-corrected chi connectivity index (χ3v) is 4.54. The Morgan fingerprint density at radius 3 is 2.54 bits per heavy atom. The summed E-state index contributed by atoms with van der Waals surface area (Å²) in [6, 6.07) is 6.87. The number of benzene rings is 1. The predicted molar refractivity (Wildman–Crippen MR) is 99.8 cm³/mol. The van der Waals surface area contributed by atoms with Gasteiger partial charge < -0.3 is 19.6 Å². The molecule has 28 heavy (non-hydrogen) atoms. The highest BCUT2D eigenvalue weighted by Gasteiger charge is 2.22. The van der Waals surface area contributed by atoms with Gasteiger partial charge in [-0.1, -0.05) is 5.16 Å². The molecule has 0 spiro atoms. The van der Waals surface area contributed by atoms with Crippen LogP contribution in [0, 0.1) is 10.1 Å².